The van der Waals surface area contributed by atoms with Gasteiger partial charge in [-0.1, -0.05) is 13.8 Å². The molecule has 3 nitrogen and oxygen atoms in total. The molecule has 1 aromatic rings. The Balaban J connectivity index is 2.65. The van der Waals surface area contributed by atoms with Crippen molar-refractivity contribution in [1.29, 1.82) is 0 Å². The molecule has 0 bridgehead atoms. The van der Waals surface area contributed by atoms with Crippen LogP contribution < -0.4 is 5.73 Å². The van der Waals surface area contributed by atoms with Crippen molar-refractivity contribution in [3.8, 4) is 0 Å². The van der Waals surface area contributed by atoms with E-state index in [1.807, 2.05) is 4.68 Å². The highest BCUT2D eigenvalue weighted by Gasteiger charge is 2.21. The van der Waals surface area contributed by atoms with Crippen LogP contribution in [0.5, 0.6) is 0 Å². The van der Waals surface area contributed by atoms with Crippen molar-refractivity contribution in [2.24, 2.45) is 11.1 Å². The molecule has 0 aliphatic heterocycles. The first-order chi connectivity index (χ1) is 7.30. The Hall–Kier alpha value is -0.830. The Kier molecular flexibility index (Phi) is 4.14. The number of aromatic nitrogens is 2. The van der Waals surface area contributed by atoms with Crippen LogP contribution in [0.15, 0.2) is 12.3 Å². The normalized spacial score (nSPS) is 14.4. The minimum Gasteiger partial charge on any atom is -0.328 e. The van der Waals surface area contributed by atoms with Gasteiger partial charge < -0.3 is 5.73 Å². The Bertz CT molecular complexity index is 324. The summed E-state index contributed by atoms with van der Waals surface area (Å²) < 4.78 is 2.01. The molecule has 0 aromatic carbocycles. The van der Waals surface area contributed by atoms with Crippen LogP contribution >= 0.6 is 0 Å². The molecule has 0 saturated heterocycles. The minimum atomic E-state index is 0.227. The first-order valence-electron chi connectivity index (χ1n) is 6.10. The van der Waals surface area contributed by atoms with Crippen LogP contribution in [0.2, 0.25) is 0 Å². The lowest BCUT2D eigenvalue weighted by Crippen LogP contribution is -2.26. The summed E-state index contributed by atoms with van der Waals surface area (Å²) in [4.78, 5) is 0. The molecule has 1 unspecified atom stereocenters. The summed E-state index contributed by atoms with van der Waals surface area (Å²) in [6.07, 6.45) is 4.08. The average molecular weight is 223 g/mol. The van der Waals surface area contributed by atoms with E-state index in [0.717, 1.165) is 12.8 Å². The highest BCUT2D eigenvalue weighted by molar-refractivity contribution is 5.02. The van der Waals surface area contributed by atoms with E-state index in [4.69, 9.17) is 5.73 Å². The first-order valence-corrected chi connectivity index (χ1v) is 6.10. The van der Waals surface area contributed by atoms with E-state index in [9.17, 15) is 0 Å². The van der Waals surface area contributed by atoms with Gasteiger partial charge in [-0.25, -0.2) is 0 Å². The Morgan fingerprint density at radius 1 is 1.38 bits per heavy atom. The van der Waals surface area contributed by atoms with Crippen LogP contribution in [0.1, 0.15) is 52.8 Å². The van der Waals surface area contributed by atoms with Crippen molar-refractivity contribution in [3.63, 3.8) is 0 Å². The molecule has 2 N–H and O–H groups in total. The molecule has 0 aliphatic carbocycles. The van der Waals surface area contributed by atoms with Gasteiger partial charge in [0.05, 0.1) is 5.69 Å². The lowest BCUT2D eigenvalue weighted by Gasteiger charge is -2.25. The van der Waals surface area contributed by atoms with Crippen LogP contribution in [0, 0.1) is 5.41 Å². The van der Waals surface area contributed by atoms with E-state index in [0.29, 0.717) is 6.04 Å². The minimum absolute atomic E-state index is 0.227. The van der Waals surface area contributed by atoms with Gasteiger partial charge in [0.25, 0.3) is 0 Å². The summed E-state index contributed by atoms with van der Waals surface area (Å²) in [5.74, 6) is 0. The molecule has 0 aliphatic rings. The van der Waals surface area contributed by atoms with Gasteiger partial charge in [-0.3, -0.25) is 4.68 Å². The number of nitrogens with zero attached hydrogens (tertiary/aromatic N) is 2. The van der Waals surface area contributed by atoms with Crippen molar-refractivity contribution in [2.45, 2.75) is 59.5 Å². The number of rotatable bonds is 5. The van der Waals surface area contributed by atoms with Gasteiger partial charge in [-0.05, 0) is 45.1 Å². The monoisotopic (exact) mass is 223 g/mol. The molecule has 0 spiro atoms. The molecule has 3 heteroatoms. The lowest BCUT2D eigenvalue weighted by atomic mass is 9.82. The molecular formula is C13H25N3. The third-order valence-electron chi connectivity index (χ3n) is 2.73. The SMILES string of the molecule is CC(N)CC(C)(C)Cc1ccn(C(C)C)n1. The molecule has 0 amide bonds. The molecule has 1 rings (SSSR count). The molecular weight excluding hydrogens is 198 g/mol. The summed E-state index contributed by atoms with van der Waals surface area (Å²) in [5, 5.41) is 4.58. The van der Waals surface area contributed by atoms with Crippen LogP contribution in [0.3, 0.4) is 0 Å². The van der Waals surface area contributed by atoms with Gasteiger partial charge in [0.1, 0.15) is 0 Å². The molecule has 16 heavy (non-hydrogen) atoms. The van der Waals surface area contributed by atoms with E-state index >= 15 is 0 Å². The van der Waals surface area contributed by atoms with Gasteiger partial charge in [0.2, 0.25) is 0 Å². The zero-order valence-corrected chi connectivity index (χ0v) is 11.2. The van der Waals surface area contributed by atoms with Gasteiger partial charge in [-0.2, -0.15) is 5.10 Å². The van der Waals surface area contributed by atoms with Crippen LogP contribution in [0.4, 0.5) is 0 Å². The van der Waals surface area contributed by atoms with Crippen molar-refractivity contribution in [1.82, 2.24) is 9.78 Å². The Labute approximate surface area is 99.0 Å². The smallest absolute Gasteiger partial charge is 0.0630 e. The number of nitrogens with two attached hydrogens (primary N) is 1. The van der Waals surface area contributed by atoms with Crippen LogP contribution in [0.25, 0.3) is 0 Å². The maximum absolute atomic E-state index is 5.86. The van der Waals surface area contributed by atoms with Gasteiger partial charge >= 0.3 is 0 Å². The zero-order valence-electron chi connectivity index (χ0n) is 11.2. The average Bonchev–Trinajstić information content (AvgIpc) is 2.48. The summed E-state index contributed by atoms with van der Waals surface area (Å²) in [5.41, 5.74) is 7.25. The predicted octanol–water partition coefficient (Wildman–Crippen LogP) is 2.77. The molecule has 1 aromatic heterocycles. The Morgan fingerprint density at radius 3 is 2.44 bits per heavy atom. The maximum Gasteiger partial charge on any atom is 0.0630 e. The maximum atomic E-state index is 5.86. The lowest BCUT2D eigenvalue weighted by molar-refractivity contribution is 0.305. The second kappa shape index (κ2) is 5.00. The van der Waals surface area contributed by atoms with Crippen LogP contribution in [-0.2, 0) is 6.42 Å². The first kappa shape index (κ1) is 13.2. The topological polar surface area (TPSA) is 43.8 Å². The van der Waals surface area contributed by atoms with E-state index in [-0.39, 0.29) is 11.5 Å². The van der Waals surface area contributed by atoms with E-state index in [1.54, 1.807) is 0 Å². The fourth-order valence-electron chi connectivity index (χ4n) is 2.19. The molecule has 1 heterocycles. The predicted molar refractivity (Wildman–Crippen MR) is 68.4 cm³/mol. The largest absolute Gasteiger partial charge is 0.328 e. The van der Waals surface area contributed by atoms with E-state index < -0.39 is 0 Å². The molecule has 1 atom stereocenters. The zero-order chi connectivity index (χ0) is 12.3. The van der Waals surface area contributed by atoms with Crippen LogP contribution in [-0.4, -0.2) is 15.8 Å². The van der Waals surface area contributed by atoms with E-state index in [1.165, 1.54) is 5.69 Å². The highest BCUT2D eigenvalue weighted by Crippen LogP contribution is 2.26. The summed E-state index contributed by atoms with van der Waals surface area (Å²) in [7, 11) is 0. The van der Waals surface area contributed by atoms with Crippen molar-refractivity contribution in [3.05, 3.63) is 18.0 Å². The highest BCUT2D eigenvalue weighted by atomic mass is 15.3. The van der Waals surface area contributed by atoms with Crippen molar-refractivity contribution < 1.29 is 0 Å². The second-order valence-electron chi connectivity index (χ2n) is 5.90. The standard InChI is InChI=1S/C13H25N3/c1-10(2)16-7-6-12(15-16)9-13(4,5)8-11(3)14/h6-7,10-11H,8-9,14H2,1-5H3. The quantitative estimate of drug-likeness (QED) is 0.834. The number of hydrogen-bond acceptors (Lipinski definition) is 2. The molecule has 0 saturated carbocycles. The third kappa shape index (κ3) is 3.97. The van der Waals surface area contributed by atoms with Crippen molar-refractivity contribution >= 4 is 0 Å². The fourth-order valence-corrected chi connectivity index (χ4v) is 2.19. The molecule has 0 radical (unpaired) electrons. The van der Waals surface area contributed by atoms with E-state index in [2.05, 4.69) is 52.0 Å². The molecule has 92 valence electrons. The number of hydrogen-bond donors (Lipinski definition) is 1. The molecule has 0 fully saturated rings. The summed E-state index contributed by atoms with van der Waals surface area (Å²) in [6.45, 7) is 10.9. The summed E-state index contributed by atoms with van der Waals surface area (Å²) >= 11 is 0. The van der Waals surface area contributed by atoms with Gasteiger partial charge in [0.15, 0.2) is 0 Å². The van der Waals surface area contributed by atoms with Gasteiger partial charge in [-0.15, -0.1) is 0 Å². The fraction of sp³-hybridized carbons (Fsp3) is 0.769. The Morgan fingerprint density at radius 2 is 2.00 bits per heavy atom. The summed E-state index contributed by atoms with van der Waals surface area (Å²) in [6, 6.07) is 2.80. The third-order valence-corrected chi connectivity index (χ3v) is 2.73. The van der Waals surface area contributed by atoms with Crippen molar-refractivity contribution in [2.75, 3.05) is 0 Å². The van der Waals surface area contributed by atoms with Gasteiger partial charge in [0, 0.05) is 18.3 Å². The second-order valence-corrected chi connectivity index (χ2v) is 5.90.